The largest absolute Gasteiger partial charge is 0.297 e. The van der Waals surface area contributed by atoms with Crippen LogP contribution in [-0.4, -0.2) is 21.2 Å². The average molecular weight is 323 g/mol. The molecule has 0 fully saturated rings. The molecule has 2 aromatic carbocycles. The van der Waals surface area contributed by atoms with Crippen molar-refractivity contribution in [1.82, 2.24) is 9.97 Å². The quantitative estimate of drug-likeness (QED) is 0.668. The molecule has 24 heavy (non-hydrogen) atoms. The van der Waals surface area contributed by atoms with E-state index in [2.05, 4.69) is 15.0 Å². The molecule has 0 saturated carbocycles. The monoisotopic (exact) mass is 323 g/mol. The average Bonchev–Trinajstić information content (AvgIpc) is 2.58. The Hall–Kier alpha value is -2.69. The Morgan fingerprint density at radius 2 is 1.58 bits per heavy atom. The summed E-state index contributed by atoms with van der Waals surface area (Å²) in [7, 11) is 0. The summed E-state index contributed by atoms with van der Waals surface area (Å²) in [5, 5.41) is 0. The topological polar surface area (TPSA) is 38.1 Å². The standard InChI is InChI=1S/C19H15F2N3/c1-18(2)19(20,21)14-6-4-3-5-13(14)17(24-18)12-7-8-15-16(11-12)23-10-9-22-15/h3-11H,1-2H3. The van der Waals surface area contributed by atoms with Gasteiger partial charge in [0.1, 0.15) is 5.54 Å². The van der Waals surface area contributed by atoms with Crippen LogP contribution < -0.4 is 0 Å². The number of aliphatic imine (C=N–C) groups is 1. The number of hydrogen-bond acceptors (Lipinski definition) is 3. The van der Waals surface area contributed by atoms with E-state index in [1.807, 2.05) is 18.2 Å². The third kappa shape index (κ3) is 2.04. The molecule has 0 atom stereocenters. The van der Waals surface area contributed by atoms with E-state index in [0.717, 1.165) is 11.1 Å². The van der Waals surface area contributed by atoms with Crippen molar-refractivity contribution in [3.05, 3.63) is 71.5 Å². The molecular formula is C19H15F2N3. The minimum absolute atomic E-state index is 0.0132. The fourth-order valence-corrected chi connectivity index (χ4v) is 3.03. The van der Waals surface area contributed by atoms with Crippen molar-refractivity contribution in [2.24, 2.45) is 4.99 Å². The molecule has 120 valence electrons. The first-order valence-corrected chi connectivity index (χ1v) is 7.69. The maximum absolute atomic E-state index is 14.8. The lowest BCUT2D eigenvalue weighted by molar-refractivity contribution is -0.0681. The first kappa shape index (κ1) is 14.9. The van der Waals surface area contributed by atoms with Gasteiger partial charge in [-0.3, -0.25) is 15.0 Å². The Labute approximate surface area is 138 Å². The SMILES string of the molecule is CC1(C)N=C(c2ccc3nccnc3c2)c2ccccc2C1(F)F. The molecule has 0 unspecified atom stereocenters. The van der Waals surface area contributed by atoms with E-state index in [9.17, 15) is 8.78 Å². The molecular weight excluding hydrogens is 308 g/mol. The summed E-state index contributed by atoms with van der Waals surface area (Å²) in [6.45, 7) is 2.92. The molecule has 1 aromatic heterocycles. The van der Waals surface area contributed by atoms with Crippen molar-refractivity contribution < 1.29 is 8.78 Å². The van der Waals surface area contributed by atoms with Crippen molar-refractivity contribution in [2.45, 2.75) is 25.3 Å². The number of fused-ring (bicyclic) bond motifs is 2. The molecule has 5 heteroatoms. The number of aromatic nitrogens is 2. The minimum Gasteiger partial charge on any atom is -0.271 e. The van der Waals surface area contributed by atoms with Gasteiger partial charge in [-0.05, 0) is 26.0 Å². The molecule has 0 amide bonds. The molecule has 0 radical (unpaired) electrons. The minimum atomic E-state index is -3.02. The molecule has 0 aliphatic carbocycles. The molecule has 3 nitrogen and oxygen atoms in total. The van der Waals surface area contributed by atoms with Gasteiger partial charge < -0.3 is 0 Å². The maximum atomic E-state index is 14.8. The summed E-state index contributed by atoms with van der Waals surface area (Å²) < 4.78 is 29.6. The van der Waals surface area contributed by atoms with E-state index < -0.39 is 11.5 Å². The molecule has 3 aromatic rings. The van der Waals surface area contributed by atoms with Crippen LogP contribution in [0.1, 0.15) is 30.5 Å². The summed E-state index contributed by atoms with van der Waals surface area (Å²) in [5.74, 6) is -3.02. The third-order valence-electron chi connectivity index (χ3n) is 4.42. The zero-order valence-electron chi connectivity index (χ0n) is 13.3. The Balaban J connectivity index is 1.98. The zero-order valence-corrected chi connectivity index (χ0v) is 13.3. The highest BCUT2D eigenvalue weighted by Gasteiger charge is 2.52. The molecule has 1 aliphatic rings. The molecule has 0 saturated heterocycles. The van der Waals surface area contributed by atoms with Crippen molar-refractivity contribution in [3.8, 4) is 0 Å². The highest BCUT2D eigenvalue weighted by atomic mass is 19.3. The zero-order chi connectivity index (χ0) is 16.9. The van der Waals surface area contributed by atoms with Crippen LogP contribution in [0, 0.1) is 0 Å². The van der Waals surface area contributed by atoms with Gasteiger partial charge in [-0.15, -0.1) is 0 Å². The predicted molar refractivity (Wildman–Crippen MR) is 89.6 cm³/mol. The Kier molecular flexibility index (Phi) is 3.04. The smallest absolute Gasteiger partial charge is 0.271 e. The molecule has 0 bridgehead atoms. The van der Waals surface area contributed by atoms with Gasteiger partial charge in [0, 0.05) is 29.1 Å². The van der Waals surface area contributed by atoms with Crippen LogP contribution in [0.4, 0.5) is 8.78 Å². The summed E-state index contributed by atoms with van der Waals surface area (Å²) in [4.78, 5) is 12.9. The molecule has 2 heterocycles. The Bertz CT molecular complexity index is 977. The fourth-order valence-electron chi connectivity index (χ4n) is 3.03. The number of nitrogens with zero attached hydrogens (tertiary/aromatic N) is 3. The van der Waals surface area contributed by atoms with Crippen molar-refractivity contribution in [2.75, 3.05) is 0 Å². The van der Waals surface area contributed by atoms with E-state index in [4.69, 9.17) is 0 Å². The normalized spacial score (nSPS) is 18.1. The predicted octanol–water partition coefficient (Wildman–Crippen LogP) is 4.35. The van der Waals surface area contributed by atoms with Gasteiger partial charge >= 0.3 is 0 Å². The van der Waals surface area contributed by atoms with E-state index in [1.165, 1.54) is 19.9 Å². The number of halogens is 2. The molecule has 1 aliphatic heterocycles. The number of hydrogen-bond donors (Lipinski definition) is 0. The van der Waals surface area contributed by atoms with Gasteiger partial charge in [0.15, 0.2) is 0 Å². The summed E-state index contributed by atoms with van der Waals surface area (Å²) >= 11 is 0. The van der Waals surface area contributed by atoms with Crippen LogP contribution in [0.25, 0.3) is 11.0 Å². The van der Waals surface area contributed by atoms with Crippen LogP contribution in [-0.2, 0) is 5.92 Å². The molecule has 4 rings (SSSR count). The van der Waals surface area contributed by atoms with Gasteiger partial charge in [0.25, 0.3) is 5.92 Å². The second-order valence-electron chi connectivity index (χ2n) is 6.40. The maximum Gasteiger partial charge on any atom is 0.297 e. The van der Waals surface area contributed by atoms with Crippen molar-refractivity contribution in [3.63, 3.8) is 0 Å². The second-order valence-corrected chi connectivity index (χ2v) is 6.40. The highest BCUT2D eigenvalue weighted by Crippen LogP contribution is 2.46. The molecule has 0 N–H and O–H groups in total. The van der Waals surface area contributed by atoms with Crippen LogP contribution in [0.15, 0.2) is 59.9 Å². The lowest BCUT2D eigenvalue weighted by Crippen LogP contribution is -2.44. The van der Waals surface area contributed by atoms with Gasteiger partial charge in [0.2, 0.25) is 0 Å². The van der Waals surface area contributed by atoms with Gasteiger partial charge in [-0.2, -0.15) is 8.78 Å². The van der Waals surface area contributed by atoms with Gasteiger partial charge in [0.05, 0.1) is 16.7 Å². The number of rotatable bonds is 1. The van der Waals surface area contributed by atoms with Crippen molar-refractivity contribution >= 4 is 16.7 Å². The Morgan fingerprint density at radius 1 is 0.875 bits per heavy atom. The lowest BCUT2D eigenvalue weighted by atomic mass is 9.81. The Morgan fingerprint density at radius 3 is 2.38 bits per heavy atom. The van der Waals surface area contributed by atoms with Crippen LogP contribution in [0.3, 0.4) is 0 Å². The number of alkyl halides is 2. The fraction of sp³-hybridized carbons (Fsp3) is 0.211. The van der Waals surface area contributed by atoms with Crippen LogP contribution >= 0.6 is 0 Å². The number of benzene rings is 2. The third-order valence-corrected chi connectivity index (χ3v) is 4.42. The van der Waals surface area contributed by atoms with Gasteiger partial charge in [-0.1, -0.05) is 30.3 Å². The molecule has 0 spiro atoms. The van der Waals surface area contributed by atoms with E-state index in [1.54, 1.807) is 30.6 Å². The van der Waals surface area contributed by atoms with Crippen molar-refractivity contribution in [1.29, 1.82) is 0 Å². The van der Waals surface area contributed by atoms with Gasteiger partial charge in [-0.25, -0.2) is 0 Å². The summed E-state index contributed by atoms with van der Waals surface area (Å²) in [6.07, 6.45) is 3.24. The van der Waals surface area contributed by atoms with E-state index in [-0.39, 0.29) is 5.56 Å². The summed E-state index contributed by atoms with van der Waals surface area (Å²) in [5.41, 5.74) is 1.76. The second kappa shape index (κ2) is 4.90. The first-order chi connectivity index (χ1) is 11.4. The van der Waals surface area contributed by atoms with E-state index in [0.29, 0.717) is 16.8 Å². The van der Waals surface area contributed by atoms with E-state index >= 15 is 0 Å². The first-order valence-electron chi connectivity index (χ1n) is 7.69. The van der Waals surface area contributed by atoms with Crippen LogP contribution in [0.5, 0.6) is 0 Å². The highest BCUT2D eigenvalue weighted by molar-refractivity contribution is 6.15. The summed E-state index contributed by atoms with van der Waals surface area (Å²) in [6, 6.07) is 12.1. The lowest BCUT2D eigenvalue weighted by Gasteiger charge is -2.37. The van der Waals surface area contributed by atoms with Crippen LogP contribution in [0.2, 0.25) is 0 Å².